The number of rotatable bonds is 5. The van der Waals surface area contributed by atoms with Crippen LogP contribution in [0.5, 0.6) is 0 Å². The van der Waals surface area contributed by atoms with Gasteiger partial charge in [0.25, 0.3) is 0 Å². The van der Waals surface area contributed by atoms with E-state index in [9.17, 15) is 4.79 Å². The van der Waals surface area contributed by atoms with E-state index in [0.717, 1.165) is 50.2 Å². The number of aromatic nitrogens is 1. The Morgan fingerprint density at radius 2 is 1.92 bits per heavy atom. The highest BCUT2D eigenvalue weighted by Crippen LogP contribution is 2.30. The number of likely N-dealkylation sites (tertiary alicyclic amines) is 1. The van der Waals surface area contributed by atoms with Gasteiger partial charge in [-0.15, -0.1) is 0 Å². The van der Waals surface area contributed by atoms with E-state index in [2.05, 4.69) is 17.0 Å². The number of anilines is 1. The molecule has 1 saturated heterocycles. The molecule has 0 radical (unpaired) electrons. The summed E-state index contributed by atoms with van der Waals surface area (Å²) in [5.74, 6) is 1.75. The van der Waals surface area contributed by atoms with Crippen LogP contribution in [0.3, 0.4) is 0 Å². The predicted octanol–water partition coefficient (Wildman–Crippen LogP) is 3.65. The first-order valence-electron chi connectivity index (χ1n) is 9.59. The Hall–Kier alpha value is -1.58. The molecular formula is C20H31N3O. The van der Waals surface area contributed by atoms with E-state index in [1.807, 2.05) is 25.1 Å². The van der Waals surface area contributed by atoms with Crippen LogP contribution in [0.4, 0.5) is 5.82 Å². The van der Waals surface area contributed by atoms with E-state index in [4.69, 9.17) is 4.98 Å². The molecular weight excluding hydrogens is 298 g/mol. The van der Waals surface area contributed by atoms with Crippen LogP contribution in [-0.4, -0.2) is 42.5 Å². The normalized spacial score (nSPS) is 21.9. The van der Waals surface area contributed by atoms with Crippen LogP contribution in [0.2, 0.25) is 0 Å². The molecule has 1 aromatic rings. The van der Waals surface area contributed by atoms with E-state index in [-0.39, 0.29) is 0 Å². The number of nitrogens with zero attached hydrogens (tertiary/aromatic N) is 3. The minimum absolute atomic E-state index is 0.306. The van der Waals surface area contributed by atoms with Gasteiger partial charge in [-0.05, 0) is 57.1 Å². The van der Waals surface area contributed by atoms with Crippen LogP contribution in [0.15, 0.2) is 18.2 Å². The molecule has 1 aliphatic heterocycles. The van der Waals surface area contributed by atoms with Crippen molar-refractivity contribution in [2.45, 2.75) is 63.8 Å². The van der Waals surface area contributed by atoms with Crippen molar-refractivity contribution in [1.82, 2.24) is 9.88 Å². The maximum atomic E-state index is 12.9. The predicted molar refractivity (Wildman–Crippen MR) is 98.2 cm³/mol. The maximum absolute atomic E-state index is 12.9. The zero-order valence-electron chi connectivity index (χ0n) is 15.2. The molecule has 1 amide bonds. The van der Waals surface area contributed by atoms with Crippen molar-refractivity contribution in [3.8, 4) is 0 Å². The lowest BCUT2D eigenvalue weighted by Crippen LogP contribution is -2.46. The molecule has 0 bridgehead atoms. The molecule has 2 heterocycles. The Balaban J connectivity index is 1.61. The molecule has 132 valence electrons. The number of pyridine rings is 1. The molecule has 3 rings (SSSR count). The average molecular weight is 329 g/mol. The van der Waals surface area contributed by atoms with Gasteiger partial charge in [-0.1, -0.05) is 18.9 Å². The summed E-state index contributed by atoms with van der Waals surface area (Å²) < 4.78 is 0. The monoisotopic (exact) mass is 329 g/mol. The van der Waals surface area contributed by atoms with Gasteiger partial charge >= 0.3 is 0 Å². The fraction of sp³-hybridized carbons (Fsp3) is 0.700. The third kappa shape index (κ3) is 4.08. The molecule has 2 fully saturated rings. The molecule has 2 aliphatic rings. The van der Waals surface area contributed by atoms with Crippen LogP contribution in [-0.2, 0) is 11.2 Å². The van der Waals surface area contributed by atoms with Crippen molar-refractivity contribution in [1.29, 1.82) is 0 Å². The first kappa shape index (κ1) is 17.2. The second kappa shape index (κ2) is 8.00. The van der Waals surface area contributed by atoms with Gasteiger partial charge in [-0.2, -0.15) is 0 Å². The molecule has 1 aliphatic carbocycles. The van der Waals surface area contributed by atoms with E-state index < -0.39 is 0 Å². The smallest absolute Gasteiger partial charge is 0.225 e. The molecule has 0 unspecified atom stereocenters. The van der Waals surface area contributed by atoms with Crippen molar-refractivity contribution in [3.05, 3.63) is 23.9 Å². The topological polar surface area (TPSA) is 36.4 Å². The number of carbonyl (C=O) groups excluding carboxylic acids is 1. The lowest BCUT2D eigenvalue weighted by Gasteiger charge is -2.37. The van der Waals surface area contributed by atoms with E-state index >= 15 is 0 Å². The third-order valence-electron chi connectivity index (χ3n) is 5.60. The van der Waals surface area contributed by atoms with Crippen molar-refractivity contribution >= 4 is 11.7 Å². The Morgan fingerprint density at radius 3 is 2.67 bits per heavy atom. The van der Waals surface area contributed by atoms with Crippen molar-refractivity contribution in [3.63, 3.8) is 0 Å². The molecule has 1 saturated carbocycles. The Kier molecular flexibility index (Phi) is 5.75. The van der Waals surface area contributed by atoms with Gasteiger partial charge in [-0.3, -0.25) is 4.79 Å². The van der Waals surface area contributed by atoms with Crippen molar-refractivity contribution in [2.24, 2.45) is 5.92 Å². The Labute approximate surface area is 146 Å². The second-order valence-corrected chi connectivity index (χ2v) is 7.58. The lowest BCUT2D eigenvalue weighted by molar-refractivity contribution is -0.139. The summed E-state index contributed by atoms with van der Waals surface area (Å²) in [7, 11) is 4.05. The number of amides is 1. The van der Waals surface area contributed by atoms with Crippen LogP contribution < -0.4 is 4.90 Å². The molecule has 24 heavy (non-hydrogen) atoms. The second-order valence-electron chi connectivity index (χ2n) is 7.58. The number of piperidine rings is 1. The minimum atomic E-state index is 0.306. The van der Waals surface area contributed by atoms with E-state index in [1.165, 1.54) is 25.7 Å². The summed E-state index contributed by atoms with van der Waals surface area (Å²) in [6.07, 6.45) is 10.3. The molecule has 4 heteroatoms. The van der Waals surface area contributed by atoms with Gasteiger partial charge in [0.15, 0.2) is 0 Å². The number of hydrogen-bond acceptors (Lipinski definition) is 3. The highest BCUT2D eigenvalue weighted by molar-refractivity contribution is 5.79. The molecule has 4 nitrogen and oxygen atoms in total. The van der Waals surface area contributed by atoms with Gasteiger partial charge in [0.05, 0.1) is 0 Å². The summed E-state index contributed by atoms with van der Waals surface area (Å²) >= 11 is 0. The highest BCUT2D eigenvalue weighted by atomic mass is 16.2. The Morgan fingerprint density at radius 1 is 1.17 bits per heavy atom. The standard InChI is InChI=1S/C20H31N3O/c1-22(2)19-12-7-10-17(21-19)13-14-18-11-5-6-15-23(18)20(24)16-8-3-4-9-16/h7,10,12,16,18H,3-6,8-9,11,13-15H2,1-2H3/t18-/m0/s1. The SMILES string of the molecule is CN(C)c1cccc(CC[C@@H]2CCCCN2C(=O)C2CCCC2)n1. The van der Waals surface area contributed by atoms with Crippen LogP contribution >= 0.6 is 0 Å². The molecule has 0 aromatic carbocycles. The molecule has 0 spiro atoms. The van der Waals surface area contributed by atoms with E-state index in [0.29, 0.717) is 17.9 Å². The first-order chi connectivity index (χ1) is 11.6. The third-order valence-corrected chi connectivity index (χ3v) is 5.60. The van der Waals surface area contributed by atoms with Crippen molar-refractivity contribution < 1.29 is 4.79 Å². The van der Waals surface area contributed by atoms with Gasteiger partial charge in [-0.25, -0.2) is 4.98 Å². The quantitative estimate of drug-likeness (QED) is 0.827. The molecule has 0 N–H and O–H groups in total. The van der Waals surface area contributed by atoms with Crippen molar-refractivity contribution in [2.75, 3.05) is 25.5 Å². The number of hydrogen-bond donors (Lipinski definition) is 0. The van der Waals surface area contributed by atoms with Gasteiger partial charge < -0.3 is 9.80 Å². The summed E-state index contributed by atoms with van der Waals surface area (Å²) in [6, 6.07) is 6.65. The largest absolute Gasteiger partial charge is 0.363 e. The fourth-order valence-corrected chi connectivity index (χ4v) is 4.17. The van der Waals surface area contributed by atoms with E-state index in [1.54, 1.807) is 0 Å². The summed E-state index contributed by atoms with van der Waals surface area (Å²) in [6.45, 7) is 0.963. The van der Waals surface area contributed by atoms with Gasteiger partial charge in [0.1, 0.15) is 5.82 Å². The summed E-state index contributed by atoms with van der Waals surface area (Å²) in [5, 5.41) is 0. The van der Waals surface area contributed by atoms with Gasteiger partial charge in [0, 0.05) is 38.3 Å². The molecule has 1 atom stereocenters. The van der Waals surface area contributed by atoms with Crippen LogP contribution in [0.1, 0.15) is 57.1 Å². The average Bonchev–Trinajstić information content (AvgIpc) is 3.14. The zero-order valence-corrected chi connectivity index (χ0v) is 15.2. The highest BCUT2D eigenvalue weighted by Gasteiger charge is 2.32. The summed E-state index contributed by atoms with van der Waals surface area (Å²) in [5.41, 5.74) is 1.14. The molecule has 1 aromatic heterocycles. The first-order valence-corrected chi connectivity index (χ1v) is 9.59. The maximum Gasteiger partial charge on any atom is 0.225 e. The minimum Gasteiger partial charge on any atom is -0.363 e. The van der Waals surface area contributed by atoms with Gasteiger partial charge in [0.2, 0.25) is 5.91 Å². The Bertz CT molecular complexity index is 552. The number of carbonyl (C=O) groups is 1. The lowest BCUT2D eigenvalue weighted by atomic mass is 9.94. The summed E-state index contributed by atoms with van der Waals surface area (Å²) in [4.78, 5) is 21.9. The zero-order chi connectivity index (χ0) is 16.9. The fourth-order valence-electron chi connectivity index (χ4n) is 4.17. The van der Waals surface area contributed by atoms with Crippen LogP contribution in [0, 0.1) is 5.92 Å². The number of aryl methyl sites for hydroxylation is 1. The van der Waals surface area contributed by atoms with Crippen LogP contribution in [0.25, 0.3) is 0 Å².